The molecule has 1 unspecified atom stereocenters. The Morgan fingerprint density at radius 3 is 2.45 bits per heavy atom. The Balaban J connectivity index is 1.86. The van der Waals surface area contributed by atoms with Gasteiger partial charge in [0.25, 0.3) is 0 Å². The van der Waals surface area contributed by atoms with Crippen LogP contribution in [0.2, 0.25) is 0 Å². The van der Waals surface area contributed by atoms with Crippen LogP contribution in [0.4, 0.5) is 0 Å². The molecule has 0 saturated heterocycles. The predicted molar refractivity (Wildman–Crippen MR) is 82.3 cm³/mol. The quantitative estimate of drug-likeness (QED) is 0.910. The molecule has 0 fully saturated rings. The van der Waals surface area contributed by atoms with Crippen LogP contribution in [0.25, 0.3) is 0 Å². The van der Waals surface area contributed by atoms with Gasteiger partial charge in [-0.1, -0.05) is 52.0 Å². The zero-order chi connectivity index (χ0) is 14.6. The Morgan fingerprint density at radius 2 is 1.90 bits per heavy atom. The van der Waals surface area contributed by atoms with Crippen LogP contribution in [-0.4, -0.2) is 21.4 Å². The third-order valence-corrected chi connectivity index (χ3v) is 3.42. The molecule has 0 saturated carbocycles. The molecule has 2 rings (SSSR count). The fraction of sp³-hybridized carbons (Fsp3) is 0.500. The van der Waals surface area contributed by atoms with E-state index in [9.17, 15) is 0 Å². The van der Waals surface area contributed by atoms with Gasteiger partial charge in [-0.05, 0) is 28.9 Å². The summed E-state index contributed by atoms with van der Waals surface area (Å²) in [5.41, 5.74) is 6.21. The van der Waals surface area contributed by atoms with Crippen LogP contribution in [0, 0.1) is 5.92 Å². The van der Waals surface area contributed by atoms with Crippen LogP contribution in [-0.2, 0) is 11.8 Å². The van der Waals surface area contributed by atoms with Gasteiger partial charge in [-0.25, -0.2) is 4.98 Å². The predicted octanol–water partition coefficient (Wildman–Crippen LogP) is 3.00. The maximum absolute atomic E-state index is 4.03. The first-order valence-electron chi connectivity index (χ1n) is 7.13. The third-order valence-electron chi connectivity index (χ3n) is 3.42. The van der Waals surface area contributed by atoms with E-state index in [4.69, 9.17) is 0 Å². The van der Waals surface area contributed by atoms with Crippen LogP contribution >= 0.6 is 0 Å². The first kappa shape index (κ1) is 14.6. The van der Waals surface area contributed by atoms with Gasteiger partial charge in [0.1, 0.15) is 12.7 Å². The van der Waals surface area contributed by atoms with Gasteiger partial charge in [-0.2, -0.15) is 4.79 Å². The Morgan fingerprint density at radius 1 is 1.20 bits per heavy atom. The van der Waals surface area contributed by atoms with Gasteiger partial charge in [0, 0.05) is 6.54 Å². The maximum atomic E-state index is 4.03. The van der Waals surface area contributed by atoms with Crippen molar-refractivity contribution >= 4 is 0 Å². The van der Waals surface area contributed by atoms with Gasteiger partial charge in [-0.15, -0.1) is 5.10 Å². The molecule has 1 atom stereocenters. The Bertz CT molecular complexity index is 508. The standard InChI is InChI=1S/C16H24N4/c1-13(10-18-20-12-17-11-19-20)9-14-5-7-15(8-6-14)16(2,3)4/h5-8,11-13,18H,9-10H2,1-4H3. The fourth-order valence-corrected chi connectivity index (χ4v) is 2.15. The van der Waals surface area contributed by atoms with Crippen molar-refractivity contribution in [2.45, 2.75) is 39.5 Å². The molecule has 1 aromatic heterocycles. The SMILES string of the molecule is CC(CNn1cncn1)Cc1ccc(C(C)(C)C)cc1. The largest absolute Gasteiger partial charge is 0.308 e. The second kappa shape index (κ2) is 6.07. The van der Waals surface area contributed by atoms with Crippen LogP contribution in [0.5, 0.6) is 0 Å². The molecule has 108 valence electrons. The van der Waals surface area contributed by atoms with E-state index in [0.717, 1.165) is 13.0 Å². The molecule has 0 amide bonds. The third kappa shape index (κ3) is 4.08. The highest BCUT2D eigenvalue weighted by Gasteiger charge is 2.13. The second-order valence-electron chi connectivity index (χ2n) is 6.46. The number of nitrogens with one attached hydrogen (secondary N) is 1. The molecule has 1 N–H and O–H groups in total. The van der Waals surface area contributed by atoms with Gasteiger partial charge in [0.2, 0.25) is 0 Å². The molecule has 0 radical (unpaired) electrons. The van der Waals surface area contributed by atoms with Crippen molar-refractivity contribution < 1.29 is 0 Å². The minimum atomic E-state index is 0.221. The van der Waals surface area contributed by atoms with Gasteiger partial charge in [0.05, 0.1) is 0 Å². The summed E-state index contributed by atoms with van der Waals surface area (Å²) in [6.07, 6.45) is 4.26. The van der Waals surface area contributed by atoms with E-state index in [1.807, 2.05) is 0 Å². The van der Waals surface area contributed by atoms with Gasteiger partial charge in [-0.3, -0.25) is 0 Å². The van der Waals surface area contributed by atoms with Gasteiger partial charge in [0.15, 0.2) is 0 Å². The highest BCUT2D eigenvalue weighted by atomic mass is 15.6. The molecule has 0 aliphatic heterocycles. The molecule has 0 aliphatic carbocycles. The highest BCUT2D eigenvalue weighted by Crippen LogP contribution is 2.22. The molecule has 0 aliphatic rings. The summed E-state index contributed by atoms with van der Waals surface area (Å²) in [4.78, 5) is 5.56. The van der Waals surface area contributed by atoms with E-state index in [0.29, 0.717) is 5.92 Å². The monoisotopic (exact) mass is 272 g/mol. The molecule has 4 nitrogen and oxygen atoms in total. The van der Waals surface area contributed by atoms with Crippen LogP contribution in [0.1, 0.15) is 38.8 Å². The summed E-state index contributed by atoms with van der Waals surface area (Å²) < 4.78 is 0. The smallest absolute Gasteiger partial charge is 0.139 e. The summed E-state index contributed by atoms with van der Waals surface area (Å²) in [5.74, 6) is 0.541. The van der Waals surface area contributed by atoms with Crippen molar-refractivity contribution in [3.05, 3.63) is 48.0 Å². The van der Waals surface area contributed by atoms with Crippen molar-refractivity contribution in [2.24, 2.45) is 5.92 Å². The zero-order valence-electron chi connectivity index (χ0n) is 12.8. The van der Waals surface area contributed by atoms with E-state index < -0.39 is 0 Å². The minimum Gasteiger partial charge on any atom is -0.308 e. The molecular formula is C16H24N4. The van der Waals surface area contributed by atoms with Gasteiger partial charge >= 0.3 is 0 Å². The van der Waals surface area contributed by atoms with Crippen molar-refractivity contribution in [1.82, 2.24) is 14.9 Å². The van der Waals surface area contributed by atoms with Gasteiger partial charge < -0.3 is 5.43 Å². The summed E-state index contributed by atoms with van der Waals surface area (Å²) in [6.45, 7) is 9.85. The first-order valence-corrected chi connectivity index (χ1v) is 7.13. The van der Waals surface area contributed by atoms with Crippen LogP contribution in [0.3, 0.4) is 0 Å². The van der Waals surface area contributed by atoms with E-state index in [-0.39, 0.29) is 5.41 Å². The maximum Gasteiger partial charge on any atom is 0.139 e. The lowest BCUT2D eigenvalue weighted by atomic mass is 9.86. The lowest BCUT2D eigenvalue weighted by Gasteiger charge is -2.19. The second-order valence-corrected chi connectivity index (χ2v) is 6.46. The molecule has 0 spiro atoms. The highest BCUT2D eigenvalue weighted by molar-refractivity contribution is 5.27. The summed E-state index contributed by atoms with van der Waals surface area (Å²) in [6, 6.07) is 8.97. The summed E-state index contributed by atoms with van der Waals surface area (Å²) in [5, 5.41) is 4.03. The number of aromatic nitrogens is 3. The Labute approximate surface area is 121 Å². The first-order chi connectivity index (χ1) is 9.45. The van der Waals surface area contributed by atoms with Crippen LogP contribution in [0.15, 0.2) is 36.9 Å². The minimum absolute atomic E-state index is 0.221. The lowest BCUT2D eigenvalue weighted by molar-refractivity contribution is 0.563. The Hall–Kier alpha value is -1.84. The van der Waals surface area contributed by atoms with E-state index in [1.54, 1.807) is 11.1 Å². The normalized spacial score (nSPS) is 13.2. The average molecular weight is 272 g/mol. The van der Waals surface area contributed by atoms with Crippen molar-refractivity contribution in [3.63, 3.8) is 0 Å². The van der Waals surface area contributed by atoms with Crippen molar-refractivity contribution in [2.75, 3.05) is 12.0 Å². The molecule has 1 aromatic carbocycles. The molecule has 4 heteroatoms. The molecular weight excluding hydrogens is 248 g/mol. The molecule has 1 heterocycles. The summed E-state index contributed by atoms with van der Waals surface area (Å²) >= 11 is 0. The zero-order valence-corrected chi connectivity index (χ0v) is 12.8. The average Bonchev–Trinajstić information content (AvgIpc) is 2.89. The van der Waals surface area contributed by atoms with E-state index in [1.165, 1.54) is 17.5 Å². The number of hydrogen-bond acceptors (Lipinski definition) is 3. The van der Waals surface area contributed by atoms with E-state index >= 15 is 0 Å². The number of rotatable bonds is 5. The number of benzene rings is 1. The number of hydrogen-bond donors (Lipinski definition) is 1. The number of nitrogens with zero attached hydrogens (tertiary/aromatic N) is 3. The molecule has 20 heavy (non-hydrogen) atoms. The fourth-order valence-electron chi connectivity index (χ4n) is 2.15. The Kier molecular flexibility index (Phi) is 4.42. The molecule has 0 bridgehead atoms. The van der Waals surface area contributed by atoms with Crippen molar-refractivity contribution in [3.8, 4) is 0 Å². The van der Waals surface area contributed by atoms with Crippen molar-refractivity contribution in [1.29, 1.82) is 0 Å². The molecule has 2 aromatic rings. The van der Waals surface area contributed by atoms with Crippen LogP contribution < -0.4 is 5.43 Å². The summed E-state index contributed by atoms with van der Waals surface area (Å²) in [7, 11) is 0. The lowest BCUT2D eigenvalue weighted by Crippen LogP contribution is -2.22. The van der Waals surface area contributed by atoms with E-state index in [2.05, 4.69) is 67.5 Å². The topological polar surface area (TPSA) is 42.7 Å².